The summed E-state index contributed by atoms with van der Waals surface area (Å²) >= 11 is 7.01. The average molecular weight is 505 g/mol. The predicted molar refractivity (Wildman–Crippen MR) is 128 cm³/mol. The topological polar surface area (TPSA) is 104 Å². The summed E-state index contributed by atoms with van der Waals surface area (Å²) in [5.74, 6) is -1.51. The number of pyridine rings is 1. The quantitative estimate of drug-likeness (QED) is 0.478. The van der Waals surface area contributed by atoms with E-state index in [0.29, 0.717) is 14.9 Å². The van der Waals surface area contributed by atoms with Crippen molar-refractivity contribution >= 4 is 40.4 Å². The van der Waals surface area contributed by atoms with Gasteiger partial charge in [0.1, 0.15) is 5.82 Å². The van der Waals surface area contributed by atoms with Crippen LogP contribution < -0.4 is 16.2 Å². The highest BCUT2D eigenvalue weighted by atomic mass is 35.5. The lowest BCUT2D eigenvalue weighted by Crippen LogP contribution is -2.47. The van der Waals surface area contributed by atoms with Crippen LogP contribution in [0.4, 0.5) is 10.1 Å². The first-order valence-corrected chi connectivity index (χ1v) is 11.7. The van der Waals surface area contributed by atoms with E-state index in [9.17, 15) is 23.9 Å². The fourth-order valence-corrected chi connectivity index (χ4v) is 4.87. The van der Waals surface area contributed by atoms with Gasteiger partial charge in [-0.3, -0.25) is 23.9 Å². The Bertz CT molecular complexity index is 1280. The molecule has 8 nitrogen and oxygen atoms in total. The van der Waals surface area contributed by atoms with Crippen molar-refractivity contribution in [3.8, 4) is 5.69 Å². The van der Waals surface area contributed by atoms with E-state index in [4.69, 9.17) is 11.6 Å². The van der Waals surface area contributed by atoms with Crippen molar-refractivity contribution in [2.45, 2.75) is 25.1 Å². The smallest absolute Gasteiger partial charge is 0.261 e. The van der Waals surface area contributed by atoms with Crippen LogP contribution in [0.1, 0.15) is 16.6 Å². The van der Waals surface area contributed by atoms with Crippen LogP contribution in [0.25, 0.3) is 5.69 Å². The van der Waals surface area contributed by atoms with E-state index in [2.05, 4.69) is 10.6 Å². The van der Waals surface area contributed by atoms with Gasteiger partial charge in [-0.2, -0.15) is 0 Å². The van der Waals surface area contributed by atoms with Crippen LogP contribution in [0, 0.1) is 5.82 Å². The molecule has 1 aliphatic rings. The summed E-state index contributed by atoms with van der Waals surface area (Å²) in [4.78, 5) is 39.1. The first-order valence-electron chi connectivity index (χ1n) is 10.5. The molecule has 178 valence electrons. The number of nitrogens with zero attached hydrogens (tertiary/aromatic N) is 2. The van der Waals surface area contributed by atoms with Crippen LogP contribution >= 0.6 is 22.9 Å². The van der Waals surface area contributed by atoms with E-state index >= 15 is 0 Å². The highest BCUT2D eigenvalue weighted by molar-refractivity contribution is 7.18. The van der Waals surface area contributed by atoms with Gasteiger partial charge in [-0.1, -0.05) is 17.7 Å². The SMILES string of the molecule is CC1[C@@H](NC(=O)c2ccc(Cl)s2)[C@@H](O)CN1CC(=O)Nc1ccc(-n2ccccc2=O)cc1F. The summed E-state index contributed by atoms with van der Waals surface area (Å²) in [5, 5.41) is 15.8. The Hall–Kier alpha value is -3.05. The number of thiophene rings is 1. The minimum Gasteiger partial charge on any atom is -0.390 e. The van der Waals surface area contributed by atoms with E-state index in [1.807, 2.05) is 0 Å². The molecule has 0 radical (unpaired) electrons. The average Bonchev–Trinajstić information content (AvgIpc) is 3.34. The van der Waals surface area contributed by atoms with Crippen molar-refractivity contribution in [3.63, 3.8) is 0 Å². The van der Waals surface area contributed by atoms with Crippen molar-refractivity contribution in [1.82, 2.24) is 14.8 Å². The monoisotopic (exact) mass is 504 g/mol. The van der Waals surface area contributed by atoms with Crippen molar-refractivity contribution in [1.29, 1.82) is 0 Å². The van der Waals surface area contributed by atoms with E-state index in [1.54, 1.807) is 36.1 Å². The van der Waals surface area contributed by atoms with Crippen LogP contribution in [-0.4, -0.2) is 57.7 Å². The van der Waals surface area contributed by atoms with Gasteiger partial charge in [0.05, 0.1) is 39.3 Å². The number of hydrogen-bond acceptors (Lipinski definition) is 6. The number of rotatable bonds is 6. The second-order valence-electron chi connectivity index (χ2n) is 7.96. The third-order valence-electron chi connectivity index (χ3n) is 5.70. The van der Waals surface area contributed by atoms with Gasteiger partial charge in [0.15, 0.2) is 0 Å². The zero-order chi connectivity index (χ0) is 24.4. The largest absolute Gasteiger partial charge is 0.390 e. The van der Waals surface area contributed by atoms with Gasteiger partial charge >= 0.3 is 0 Å². The second-order valence-corrected chi connectivity index (χ2v) is 9.68. The summed E-state index contributed by atoms with van der Waals surface area (Å²) in [6.45, 7) is 1.86. The number of amides is 2. The number of aromatic nitrogens is 1. The van der Waals surface area contributed by atoms with E-state index < -0.39 is 23.9 Å². The molecule has 0 saturated carbocycles. The van der Waals surface area contributed by atoms with Crippen molar-refractivity contribution in [3.05, 3.63) is 80.1 Å². The number of nitrogens with one attached hydrogen (secondary N) is 2. The molecule has 2 amide bonds. The number of aliphatic hydroxyl groups is 1. The Kier molecular flexibility index (Phi) is 7.13. The van der Waals surface area contributed by atoms with Gasteiger partial charge in [-0.25, -0.2) is 4.39 Å². The predicted octanol–water partition coefficient (Wildman–Crippen LogP) is 2.49. The molecule has 0 aliphatic carbocycles. The molecule has 1 fully saturated rings. The standard InChI is InChI=1S/C23H22ClFN4O4S/c1-13-22(27-23(33)18-7-8-19(24)34-18)17(30)11-28(13)12-20(31)26-16-6-5-14(10-15(16)25)29-9-3-2-4-21(29)32/h2-10,13,17,22,30H,11-12H2,1H3,(H,26,31)(H,27,33)/t13?,17-,22+/m0/s1. The molecule has 1 aliphatic heterocycles. The molecule has 11 heteroatoms. The zero-order valence-corrected chi connectivity index (χ0v) is 19.6. The molecule has 0 bridgehead atoms. The molecular weight excluding hydrogens is 483 g/mol. The molecule has 4 rings (SSSR count). The Balaban J connectivity index is 1.38. The summed E-state index contributed by atoms with van der Waals surface area (Å²) in [6, 6.07) is 11.0. The number of aliphatic hydroxyl groups excluding tert-OH is 1. The lowest BCUT2D eigenvalue weighted by molar-refractivity contribution is -0.117. The van der Waals surface area contributed by atoms with Crippen molar-refractivity contribution in [2.24, 2.45) is 0 Å². The van der Waals surface area contributed by atoms with Gasteiger partial charge in [0, 0.05) is 30.9 Å². The first-order chi connectivity index (χ1) is 16.2. The number of carbonyl (C=O) groups excluding carboxylic acids is 2. The second kappa shape index (κ2) is 10.1. The van der Waals surface area contributed by atoms with Crippen LogP contribution in [0.2, 0.25) is 4.34 Å². The van der Waals surface area contributed by atoms with Crippen LogP contribution in [0.15, 0.2) is 59.5 Å². The minimum absolute atomic E-state index is 0.0236. The number of anilines is 1. The molecule has 3 atom stereocenters. The number of β-amino-alcohol motifs (C(OH)–C–C–N with tert-alkyl or cyclic N) is 1. The molecule has 34 heavy (non-hydrogen) atoms. The fraction of sp³-hybridized carbons (Fsp3) is 0.261. The third-order valence-corrected chi connectivity index (χ3v) is 6.93. The number of likely N-dealkylation sites (tertiary alicyclic amines) is 1. The summed E-state index contributed by atoms with van der Waals surface area (Å²) in [5.41, 5.74) is 0.0108. The van der Waals surface area contributed by atoms with E-state index in [-0.39, 0.29) is 36.3 Å². The molecule has 1 saturated heterocycles. The zero-order valence-electron chi connectivity index (χ0n) is 18.1. The van der Waals surface area contributed by atoms with Crippen molar-refractivity contribution in [2.75, 3.05) is 18.4 Å². The fourth-order valence-electron chi connectivity index (χ4n) is 3.92. The van der Waals surface area contributed by atoms with Crippen LogP contribution in [0.5, 0.6) is 0 Å². The molecule has 0 spiro atoms. The van der Waals surface area contributed by atoms with Gasteiger partial charge in [-0.15, -0.1) is 11.3 Å². The normalized spacial score (nSPS) is 20.3. The summed E-state index contributed by atoms with van der Waals surface area (Å²) in [6.07, 6.45) is 0.653. The number of benzene rings is 1. The highest BCUT2D eigenvalue weighted by Crippen LogP contribution is 2.24. The Morgan fingerprint density at radius 2 is 2.03 bits per heavy atom. The maximum absolute atomic E-state index is 14.6. The number of hydrogen-bond donors (Lipinski definition) is 3. The molecule has 3 heterocycles. The maximum atomic E-state index is 14.6. The molecule has 1 unspecified atom stereocenters. The third kappa shape index (κ3) is 5.20. The molecular formula is C23H22ClFN4O4S. The summed E-state index contributed by atoms with van der Waals surface area (Å²) < 4.78 is 16.4. The number of halogens is 2. The Labute approximate surface area is 203 Å². The highest BCUT2D eigenvalue weighted by Gasteiger charge is 2.40. The lowest BCUT2D eigenvalue weighted by Gasteiger charge is -2.24. The summed E-state index contributed by atoms with van der Waals surface area (Å²) in [7, 11) is 0. The Morgan fingerprint density at radius 1 is 1.24 bits per heavy atom. The molecule has 1 aromatic carbocycles. The minimum atomic E-state index is -0.873. The maximum Gasteiger partial charge on any atom is 0.261 e. The number of carbonyl (C=O) groups is 2. The molecule has 3 aromatic rings. The molecule has 3 N–H and O–H groups in total. The van der Waals surface area contributed by atoms with Crippen molar-refractivity contribution < 1.29 is 19.1 Å². The van der Waals surface area contributed by atoms with E-state index in [0.717, 1.165) is 11.3 Å². The molecule has 2 aromatic heterocycles. The van der Waals surface area contributed by atoms with Crippen LogP contribution in [-0.2, 0) is 4.79 Å². The van der Waals surface area contributed by atoms with E-state index in [1.165, 1.54) is 35.0 Å². The van der Waals surface area contributed by atoms with Gasteiger partial charge < -0.3 is 15.7 Å². The first kappa shape index (κ1) is 24.1. The van der Waals surface area contributed by atoms with Gasteiger partial charge in [0.25, 0.3) is 11.5 Å². The van der Waals surface area contributed by atoms with Gasteiger partial charge in [-0.05, 0) is 37.3 Å². The van der Waals surface area contributed by atoms with Crippen LogP contribution in [0.3, 0.4) is 0 Å². The Morgan fingerprint density at radius 3 is 2.71 bits per heavy atom. The lowest BCUT2D eigenvalue weighted by atomic mass is 10.1. The van der Waals surface area contributed by atoms with Gasteiger partial charge in [0.2, 0.25) is 5.91 Å².